The molecule has 0 heterocycles. The number of Topliss-reactive ketones (excluding diaryl/α,β-unsaturated/α-hetero) is 1. The van der Waals surface area contributed by atoms with E-state index in [0.717, 1.165) is 12.1 Å². The van der Waals surface area contributed by atoms with Gasteiger partial charge in [0.15, 0.2) is 15.6 Å². The summed E-state index contributed by atoms with van der Waals surface area (Å²) in [5.74, 6) is -2.31. The number of hydrogen-bond acceptors (Lipinski definition) is 5. The largest absolute Gasteiger partial charge is 0.508 e. The summed E-state index contributed by atoms with van der Waals surface area (Å²) in [5.41, 5.74) is -0.177. The number of halogens is 1. The van der Waals surface area contributed by atoms with Crippen molar-refractivity contribution in [2.75, 3.05) is 5.75 Å². The molecule has 0 aliphatic heterocycles. The molecule has 21 heavy (non-hydrogen) atoms. The summed E-state index contributed by atoms with van der Waals surface area (Å²) in [6.07, 6.45) is 0. The first-order valence-electron chi connectivity index (χ1n) is 5.84. The van der Waals surface area contributed by atoms with Gasteiger partial charge in [-0.3, -0.25) is 4.79 Å². The van der Waals surface area contributed by atoms with Crippen molar-refractivity contribution in [3.8, 4) is 11.5 Å². The van der Waals surface area contributed by atoms with Gasteiger partial charge in [0.2, 0.25) is 0 Å². The predicted molar refractivity (Wildman–Crippen MR) is 77.6 cm³/mol. The minimum atomic E-state index is -3.92. The van der Waals surface area contributed by atoms with E-state index in [2.05, 4.69) is 0 Å². The van der Waals surface area contributed by atoms with Crippen LogP contribution in [-0.4, -0.2) is 30.2 Å². The summed E-state index contributed by atoms with van der Waals surface area (Å²) in [6.45, 7) is 0. The van der Waals surface area contributed by atoms with Crippen LogP contribution in [0, 0.1) is 0 Å². The van der Waals surface area contributed by atoms with Crippen LogP contribution in [0.3, 0.4) is 0 Å². The quantitative estimate of drug-likeness (QED) is 0.842. The lowest BCUT2D eigenvalue weighted by molar-refractivity contribution is 0.101. The van der Waals surface area contributed by atoms with E-state index in [9.17, 15) is 18.3 Å². The average Bonchev–Trinajstić information content (AvgIpc) is 2.38. The molecule has 0 fully saturated rings. The Kier molecular flexibility index (Phi) is 4.20. The minimum Gasteiger partial charge on any atom is -0.508 e. The van der Waals surface area contributed by atoms with E-state index in [4.69, 9.17) is 16.7 Å². The Hall–Kier alpha value is -2.05. The number of aromatic hydroxyl groups is 2. The lowest BCUT2D eigenvalue weighted by Crippen LogP contribution is -2.17. The minimum absolute atomic E-state index is 0.0280. The Morgan fingerprint density at radius 2 is 1.76 bits per heavy atom. The van der Waals surface area contributed by atoms with Crippen LogP contribution in [0.5, 0.6) is 11.5 Å². The second-order valence-corrected chi connectivity index (χ2v) is 6.68. The van der Waals surface area contributed by atoms with Gasteiger partial charge in [-0.25, -0.2) is 8.42 Å². The molecule has 5 nitrogen and oxygen atoms in total. The molecule has 0 spiro atoms. The molecule has 0 aliphatic rings. The van der Waals surface area contributed by atoms with Gasteiger partial charge in [0.1, 0.15) is 17.3 Å². The highest BCUT2D eigenvalue weighted by Crippen LogP contribution is 2.26. The van der Waals surface area contributed by atoms with Gasteiger partial charge < -0.3 is 10.2 Å². The lowest BCUT2D eigenvalue weighted by Gasteiger charge is -2.07. The fourth-order valence-electron chi connectivity index (χ4n) is 1.78. The van der Waals surface area contributed by atoms with E-state index in [1.165, 1.54) is 24.3 Å². The van der Waals surface area contributed by atoms with Gasteiger partial charge >= 0.3 is 0 Å². The standard InChI is InChI=1S/C14H11ClO5S/c15-11-3-1-2-4-14(11)21(19,20)8-13(18)10-6-5-9(16)7-12(10)17/h1-7,16-17H,8H2. The second kappa shape index (κ2) is 5.75. The maximum atomic E-state index is 12.2. The van der Waals surface area contributed by atoms with Crippen LogP contribution < -0.4 is 0 Å². The highest BCUT2D eigenvalue weighted by atomic mass is 35.5. The molecule has 0 saturated heterocycles. The van der Waals surface area contributed by atoms with Gasteiger partial charge in [-0.2, -0.15) is 0 Å². The Morgan fingerprint density at radius 3 is 2.38 bits per heavy atom. The number of rotatable bonds is 4. The van der Waals surface area contributed by atoms with E-state index in [1.54, 1.807) is 6.07 Å². The van der Waals surface area contributed by atoms with Gasteiger partial charge in [0.05, 0.1) is 15.5 Å². The Balaban J connectivity index is 2.33. The van der Waals surface area contributed by atoms with Gasteiger partial charge in [-0.15, -0.1) is 0 Å². The first kappa shape index (κ1) is 15.3. The van der Waals surface area contributed by atoms with Crippen molar-refractivity contribution in [1.29, 1.82) is 0 Å². The highest BCUT2D eigenvalue weighted by molar-refractivity contribution is 7.92. The number of carbonyl (C=O) groups is 1. The summed E-state index contributed by atoms with van der Waals surface area (Å²) in [4.78, 5) is 11.9. The molecule has 0 aliphatic carbocycles. The van der Waals surface area contributed by atoms with Crippen LogP contribution in [0.1, 0.15) is 10.4 Å². The molecule has 2 aromatic rings. The first-order chi connectivity index (χ1) is 9.81. The van der Waals surface area contributed by atoms with E-state index >= 15 is 0 Å². The Labute approximate surface area is 126 Å². The molecule has 0 radical (unpaired) electrons. The summed E-state index contributed by atoms with van der Waals surface area (Å²) < 4.78 is 24.4. The van der Waals surface area contributed by atoms with Gasteiger partial charge in [-0.05, 0) is 24.3 Å². The van der Waals surface area contributed by atoms with Crippen molar-refractivity contribution in [3.63, 3.8) is 0 Å². The highest BCUT2D eigenvalue weighted by Gasteiger charge is 2.24. The third kappa shape index (κ3) is 3.34. The fourth-order valence-corrected chi connectivity index (χ4v) is 3.58. The van der Waals surface area contributed by atoms with Crippen LogP contribution in [0.2, 0.25) is 5.02 Å². The second-order valence-electron chi connectivity index (χ2n) is 4.31. The van der Waals surface area contributed by atoms with Crippen LogP contribution in [-0.2, 0) is 9.84 Å². The van der Waals surface area contributed by atoms with E-state index in [0.29, 0.717) is 0 Å². The molecule has 7 heteroatoms. The number of carbonyl (C=O) groups excluding carboxylic acids is 1. The SMILES string of the molecule is O=C(CS(=O)(=O)c1ccccc1Cl)c1ccc(O)cc1O. The van der Waals surface area contributed by atoms with Crippen molar-refractivity contribution in [2.24, 2.45) is 0 Å². The topological polar surface area (TPSA) is 91.7 Å². The maximum Gasteiger partial charge on any atom is 0.187 e. The lowest BCUT2D eigenvalue weighted by atomic mass is 10.1. The molecule has 0 unspecified atom stereocenters. The van der Waals surface area contributed by atoms with Crippen LogP contribution in [0.15, 0.2) is 47.4 Å². The third-order valence-electron chi connectivity index (χ3n) is 2.77. The van der Waals surface area contributed by atoms with Crippen molar-refractivity contribution >= 4 is 27.2 Å². The Morgan fingerprint density at radius 1 is 1.10 bits per heavy atom. The van der Waals surface area contributed by atoms with E-state index in [1.807, 2.05) is 0 Å². The Bertz CT molecular complexity index is 799. The van der Waals surface area contributed by atoms with Crippen LogP contribution in [0.4, 0.5) is 0 Å². The van der Waals surface area contributed by atoms with Gasteiger partial charge in [0.25, 0.3) is 0 Å². The molecule has 2 N–H and O–H groups in total. The van der Waals surface area contributed by atoms with Crippen molar-refractivity contribution < 1.29 is 23.4 Å². The normalized spacial score (nSPS) is 11.3. The summed E-state index contributed by atoms with van der Waals surface area (Å²) in [6, 6.07) is 9.12. The molecule has 2 aromatic carbocycles. The predicted octanol–water partition coefficient (Wildman–Crippen LogP) is 2.41. The first-order valence-corrected chi connectivity index (χ1v) is 7.87. The van der Waals surface area contributed by atoms with Crippen LogP contribution in [0.25, 0.3) is 0 Å². The molecule has 2 rings (SSSR count). The van der Waals surface area contributed by atoms with E-state index in [-0.39, 0.29) is 21.2 Å². The number of phenolic OH excluding ortho intramolecular Hbond substituents is 2. The zero-order valence-electron chi connectivity index (χ0n) is 10.7. The van der Waals surface area contributed by atoms with Crippen LogP contribution >= 0.6 is 11.6 Å². The third-order valence-corrected chi connectivity index (χ3v) is 4.88. The summed E-state index contributed by atoms with van der Waals surface area (Å²) in [7, 11) is -3.92. The zero-order valence-corrected chi connectivity index (χ0v) is 12.2. The summed E-state index contributed by atoms with van der Waals surface area (Å²) in [5, 5.41) is 18.8. The average molecular weight is 327 g/mol. The number of benzene rings is 2. The maximum absolute atomic E-state index is 12.2. The van der Waals surface area contributed by atoms with Crippen molar-refractivity contribution in [1.82, 2.24) is 0 Å². The molecular weight excluding hydrogens is 316 g/mol. The zero-order chi connectivity index (χ0) is 15.6. The molecule has 0 atom stereocenters. The smallest absolute Gasteiger partial charge is 0.187 e. The molecule has 110 valence electrons. The van der Waals surface area contributed by atoms with Gasteiger partial charge in [0, 0.05) is 6.07 Å². The fraction of sp³-hybridized carbons (Fsp3) is 0.0714. The monoisotopic (exact) mass is 326 g/mol. The molecule has 0 aromatic heterocycles. The summed E-state index contributed by atoms with van der Waals surface area (Å²) >= 11 is 5.82. The molecule has 0 bridgehead atoms. The van der Waals surface area contributed by atoms with Gasteiger partial charge in [-0.1, -0.05) is 23.7 Å². The number of sulfone groups is 1. The molecule has 0 saturated carbocycles. The number of ketones is 1. The van der Waals surface area contributed by atoms with E-state index < -0.39 is 27.1 Å². The molecular formula is C14H11ClO5S. The van der Waals surface area contributed by atoms with Crippen molar-refractivity contribution in [2.45, 2.75) is 4.90 Å². The number of phenols is 2. The van der Waals surface area contributed by atoms with Crippen molar-refractivity contribution in [3.05, 3.63) is 53.1 Å². The molecule has 0 amide bonds. The number of hydrogen-bond donors (Lipinski definition) is 2.